The maximum absolute atomic E-state index is 10.9. The third-order valence-electron chi connectivity index (χ3n) is 4.41. The van der Waals surface area contributed by atoms with Crippen LogP contribution in [-0.2, 0) is 24.3 Å². The molecule has 0 saturated heterocycles. The summed E-state index contributed by atoms with van der Waals surface area (Å²) in [7, 11) is 1.66. The van der Waals surface area contributed by atoms with Gasteiger partial charge in [0, 0.05) is 18.8 Å². The summed E-state index contributed by atoms with van der Waals surface area (Å²) < 4.78 is 5.24. The van der Waals surface area contributed by atoms with Crippen LogP contribution in [0, 0.1) is 0 Å². The second-order valence-corrected chi connectivity index (χ2v) is 6.43. The number of rotatable bonds is 8. The summed E-state index contributed by atoms with van der Waals surface area (Å²) in [6.45, 7) is 1.52. The summed E-state index contributed by atoms with van der Waals surface area (Å²) in [5.74, 6) is 0.0218. The van der Waals surface area contributed by atoms with E-state index < -0.39 is 5.97 Å². The fraction of sp³-hybridized carbons (Fsp3) is 0.174. The lowest BCUT2D eigenvalue weighted by Gasteiger charge is -2.25. The van der Waals surface area contributed by atoms with E-state index in [-0.39, 0.29) is 6.42 Å². The first-order valence-electron chi connectivity index (χ1n) is 8.86. The van der Waals surface area contributed by atoms with Crippen molar-refractivity contribution in [3.8, 4) is 5.75 Å². The highest BCUT2D eigenvalue weighted by Crippen LogP contribution is 2.22. The number of benzene rings is 3. The average Bonchev–Trinajstić information content (AvgIpc) is 2.69. The van der Waals surface area contributed by atoms with Gasteiger partial charge in [0.1, 0.15) is 5.75 Å². The van der Waals surface area contributed by atoms with Gasteiger partial charge in [-0.3, -0.25) is 4.79 Å². The van der Waals surface area contributed by atoms with E-state index in [2.05, 4.69) is 29.2 Å². The molecule has 3 aromatic carbocycles. The first-order valence-corrected chi connectivity index (χ1v) is 8.86. The minimum atomic E-state index is -0.817. The Hall–Kier alpha value is -3.27. The lowest BCUT2D eigenvalue weighted by Crippen LogP contribution is -2.22. The van der Waals surface area contributed by atoms with Crippen molar-refractivity contribution in [1.82, 2.24) is 0 Å². The number of carboxylic acid groups (broad SMARTS) is 1. The van der Waals surface area contributed by atoms with E-state index in [0.717, 1.165) is 30.1 Å². The minimum absolute atomic E-state index is 0.0391. The number of aliphatic carboxylic acids is 1. The van der Waals surface area contributed by atoms with Crippen LogP contribution >= 0.6 is 0 Å². The maximum atomic E-state index is 10.9. The highest BCUT2D eigenvalue weighted by molar-refractivity contribution is 5.70. The summed E-state index contributed by atoms with van der Waals surface area (Å²) in [5.41, 5.74) is 4.26. The number of hydrogen-bond donors (Lipinski definition) is 1. The number of anilines is 1. The number of ether oxygens (including phenoxy) is 1. The van der Waals surface area contributed by atoms with E-state index in [4.69, 9.17) is 9.84 Å². The zero-order valence-corrected chi connectivity index (χ0v) is 15.3. The Morgan fingerprint density at radius 1 is 0.815 bits per heavy atom. The Labute approximate surface area is 159 Å². The third-order valence-corrected chi connectivity index (χ3v) is 4.41. The van der Waals surface area contributed by atoms with Gasteiger partial charge < -0.3 is 14.7 Å². The predicted molar refractivity (Wildman–Crippen MR) is 107 cm³/mol. The lowest BCUT2D eigenvalue weighted by atomic mass is 10.1. The third kappa shape index (κ3) is 5.35. The van der Waals surface area contributed by atoms with E-state index in [0.29, 0.717) is 0 Å². The number of hydrogen-bond acceptors (Lipinski definition) is 3. The van der Waals surface area contributed by atoms with Crippen molar-refractivity contribution >= 4 is 11.7 Å². The Balaban J connectivity index is 1.83. The van der Waals surface area contributed by atoms with Gasteiger partial charge in [-0.15, -0.1) is 0 Å². The molecule has 0 heterocycles. The van der Waals surface area contributed by atoms with Gasteiger partial charge in [-0.05, 0) is 41.0 Å². The van der Waals surface area contributed by atoms with Crippen LogP contribution in [0.25, 0.3) is 0 Å². The molecular formula is C23H23NO3. The van der Waals surface area contributed by atoms with Gasteiger partial charge in [-0.1, -0.05) is 54.6 Å². The molecule has 27 heavy (non-hydrogen) atoms. The molecule has 1 N–H and O–H groups in total. The van der Waals surface area contributed by atoms with Crippen LogP contribution in [0.4, 0.5) is 5.69 Å². The number of carbonyl (C=O) groups is 1. The van der Waals surface area contributed by atoms with E-state index in [1.807, 2.05) is 54.6 Å². The van der Waals surface area contributed by atoms with Gasteiger partial charge in [-0.2, -0.15) is 0 Å². The molecule has 0 spiro atoms. The SMILES string of the molecule is COc1ccc(CN(Cc2ccccc2)c2ccc(CC(=O)O)cc2)cc1. The molecule has 0 saturated carbocycles. The normalized spacial score (nSPS) is 10.4. The molecule has 0 atom stereocenters. The molecule has 4 nitrogen and oxygen atoms in total. The summed E-state index contributed by atoms with van der Waals surface area (Å²) in [5, 5.41) is 8.96. The second kappa shape index (κ2) is 8.90. The van der Waals surface area contributed by atoms with E-state index >= 15 is 0 Å². The average molecular weight is 361 g/mol. The highest BCUT2D eigenvalue weighted by Gasteiger charge is 2.10. The van der Waals surface area contributed by atoms with Crippen molar-refractivity contribution in [2.75, 3.05) is 12.0 Å². The van der Waals surface area contributed by atoms with Gasteiger partial charge in [-0.25, -0.2) is 0 Å². The first kappa shape index (κ1) is 18.5. The molecule has 0 bridgehead atoms. The smallest absolute Gasteiger partial charge is 0.307 e. The van der Waals surface area contributed by atoms with Crippen LogP contribution in [0.5, 0.6) is 5.75 Å². The van der Waals surface area contributed by atoms with Gasteiger partial charge in [0.15, 0.2) is 0 Å². The van der Waals surface area contributed by atoms with Crippen molar-refractivity contribution in [2.45, 2.75) is 19.5 Å². The molecule has 0 aliphatic heterocycles. The highest BCUT2D eigenvalue weighted by atomic mass is 16.5. The number of carboxylic acids is 1. The fourth-order valence-electron chi connectivity index (χ4n) is 2.99. The molecular weight excluding hydrogens is 338 g/mol. The number of nitrogens with zero attached hydrogens (tertiary/aromatic N) is 1. The second-order valence-electron chi connectivity index (χ2n) is 6.43. The largest absolute Gasteiger partial charge is 0.497 e. The van der Waals surface area contributed by atoms with E-state index in [1.54, 1.807) is 7.11 Å². The summed E-state index contributed by atoms with van der Waals surface area (Å²) in [4.78, 5) is 13.2. The minimum Gasteiger partial charge on any atom is -0.497 e. The molecule has 0 radical (unpaired) electrons. The number of methoxy groups -OCH3 is 1. The van der Waals surface area contributed by atoms with Gasteiger partial charge >= 0.3 is 5.97 Å². The zero-order valence-electron chi connectivity index (χ0n) is 15.3. The predicted octanol–water partition coefficient (Wildman–Crippen LogP) is 4.53. The molecule has 0 aromatic heterocycles. The Kier molecular flexibility index (Phi) is 6.10. The van der Waals surface area contributed by atoms with Crippen molar-refractivity contribution in [3.63, 3.8) is 0 Å². The Morgan fingerprint density at radius 3 is 1.93 bits per heavy atom. The van der Waals surface area contributed by atoms with Crippen LogP contribution in [0.1, 0.15) is 16.7 Å². The zero-order chi connectivity index (χ0) is 19.1. The Morgan fingerprint density at radius 2 is 1.37 bits per heavy atom. The molecule has 3 aromatic rings. The van der Waals surface area contributed by atoms with Crippen LogP contribution in [0.15, 0.2) is 78.9 Å². The molecule has 3 rings (SSSR count). The van der Waals surface area contributed by atoms with Gasteiger partial charge in [0.25, 0.3) is 0 Å². The van der Waals surface area contributed by atoms with Crippen LogP contribution in [0.2, 0.25) is 0 Å². The fourth-order valence-corrected chi connectivity index (χ4v) is 2.99. The van der Waals surface area contributed by atoms with Gasteiger partial charge in [0.05, 0.1) is 13.5 Å². The van der Waals surface area contributed by atoms with Crippen LogP contribution in [-0.4, -0.2) is 18.2 Å². The van der Waals surface area contributed by atoms with E-state index in [1.165, 1.54) is 11.1 Å². The van der Waals surface area contributed by atoms with Crippen molar-refractivity contribution in [1.29, 1.82) is 0 Å². The van der Waals surface area contributed by atoms with Crippen molar-refractivity contribution < 1.29 is 14.6 Å². The molecule has 0 aliphatic rings. The molecule has 138 valence electrons. The van der Waals surface area contributed by atoms with E-state index in [9.17, 15) is 4.79 Å². The standard InChI is InChI=1S/C23H23NO3/c1-27-22-13-9-20(10-14-22)17-24(16-19-5-3-2-4-6-19)21-11-7-18(8-12-21)15-23(25)26/h2-14H,15-17H2,1H3,(H,25,26). The summed E-state index contributed by atoms with van der Waals surface area (Å²) in [6.07, 6.45) is 0.0391. The molecule has 4 heteroatoms. The Bertz CT molecular complexity index is 858. The van der Waals surface area contributed by atoms with Gasteiger partial charge in [0.2, 0.25) is 0 Å². The first-order chi connectivity index (χ1) is 13.1. The summed E-state index contributed by atoms with van der Waals surface area (Å²) in [6, 6.07) is 26.1. The quantitative estimate of drug-likeness (QED) is 0.640. The molecule has 0 amide bonds. The van der Waals surface area contributed by atoms with Crippen LogP contribution in [0.3, 0.4) is 0 Å². The topological polar surface area (TPSA) is 49.8 Å². The van der Waals surface area contributed by atoms with Crippen LogP contribution < -0.4 is 9.64 Å². The van der Waals surface area contributed by atoms with Crippen molar-refractivity contribution in [2.24, 2.45) is 0 Å². The molecule has 0 aliphatic carbocycles. The molecule has 0 unspecified atom stereocenters. The van der Waals surface area contributed by atoms with Crippen molar-refractivity contribution in [3.05, 3.63) is 95.6 Å². The monoisotopic (exact) mass is 361 g/mol. The summed E-state index contributed by atoms with van der Waals surface area (Å²) >= 11 is 0. The maximum Gasteiger partial charge on any atom is 0.307 e. The molecule has 0 fully saturated rings. The lowest BCUT2D eigenvalue weighted by molar-refractivity contribution is -0.136.